The van der Waals surface area contributed by atoms with Gasteiger partial charge in [0.05, 0.1) is 0 Å². The number of hydrogen-bond donors (Lipinski definition) is 0. The summed E-state index contributed by atoms with van der Waals surface area (Å²) in [6.07, 6.45) is 7.53. The highest BCUT2D eigenvalue weighted by Gasteiger charge is 2.39. The van der Waals surface area contributed by atoms with Gasteiger partial charge in [0.1, 0.15) is 7.14 Å². The number of fused-ring (bicyclic) bond motifs is 7. The van der Waals surface area contributed by atoms with E-state index in [9.17, 15) is 4.57 Å². The van der Waals surface area contributed by atoms with Gasteiger partial charge >= 0.3 is 0 Å². The van der Waals surface area contributed by atoms with Crippen molar-refractivity contribution in [3.63, 3.8) is 0 Å². The van der Waals surface area contributed by atoms with Crippen LogP contribution in [-0.2, 0) is 4.57 Å². The molecule has 1 aliphatic rings. The minimum Gasteiger partial charge on any atom is -0.314 e. The minimum absolute atomic E-state index is 0.633. The molecule has 0 bridgehead atoms. The van der Waals surface area contributed by atoms with Gasteiger partial charge in [-0.25, -0.2) is 0 Å². The normalized spacial score (nSPS) is 14.0. The first-order chi connectivity index (χ1) is 13.2. The van der Waals surface area contributed by atoms with Gasteiger partial charge in [-0.05, 0) is 40.1 Å². The Balaban J connectivity index is 1.91. The average Bonchev–Trinajstić information content (AvgIpc) is 2.98. The van der Waals surface area contributed by atoms with Crippen molar-refractivity contribution in [2.45, 2.75) is 12.8 Å². The molecular formula is C25H19OP. The summed E-state index contributed by atoms with van der Waals surface area (Å²) >= 11 is 0. The molecule has 0 spiro atoms. The highest BCUT2D eigenvalue weighted by Crippen LogP contribution is 2.56. The highest BCUT2D eigenvalue weighted by atomic mass is 31.2. The molecule has 4 aromatic carbocycles. The highest BCUT2D eigenvalue weighted by molar-refractivity contribution is 7.80. The van der Waals surface area contributed by atoms with Crippen LogP contribution in [0, 0.1) is 12.3 Å². The molecule has 1 aliphatic heterocycles. The Morgan fingerprint density at radius 2 is 1.26 bits per heavy atom. The third kappa shape index (κ3) is 2.31. The second-order valence-corrected chi connectivity index (χ2v) is 10.0. The Bertz CT molecular complexity index is 1200. The zero-order valence-electron chi connectivity index (χ0n) is 15.0. The van der Waals surface area contributed by atoms with Gasteiger partial charge in [0.2, 0.25) is 0 Å². The van der Waals surface area contributed by atoms with Crippen molar-refractivity contribution in [2.75, 3.05) is 6.16 Å². The molecule has 0 saturated heterocycles. The molecular weight excluding hydrogens is 347 g/mol. The van der Waals surface area contributed by atoms with Gasteiger partial charge < -0.3 is 4.57 Å². The van der Waals surface area contributed by atoms with Crippen molar-refractivity contribution in [1.82, 2.24) is 0 Å². The molecule has 2 heteroatoms. The second kappa shape index (κ2) is 6.12. The van der Waals surface area contributed by atoms with Crippen LogP contribution < -0.4 is 10.6 Å². The smallest absolute Gasteiger partial charge is 0.144 e. The molecule has 130 valence electrons. The fraction of sp³-hybridized carbons (Fsp3) is 0.120. The van der Waals surface area contributed by atoms with Crippen LogP contribution in [0.3, 0.4) is 0 Å². The average molecular weight is 366 g/mol. The number of rotatable bonds is 3. The topological polar surface area (TPSA) is 17.1 Å². The van der Waals surface area contributed by atoms with E-state index in [1.807, 2.05) is 0 Å². The Hall–Kier alpha value is -2.81. The molecule has 0 aromatic heterocycles. The zero-order chi connectivity index (χ0) is 18.4. The predicted molar refractivity (Wildman–Crippen MR) is 117 cm³/mol. The van der Waals surface area contributed by atoms with E-state index in [4.69, 9.17) is 6.42 Å². The van der Waals surface area contributed by atoms with Crippen molar-refractivity contribution < 1.29 is 4.57 Å². The van der Waals surface area contributed by atoms with Gasteiger partial charge in [0.25, 0.3) is 0 Å². The van der Waals surface area contributed by atoms with E-state index in [-0.39, 0.29) is 0 Å². The first-order valence-corrected chi connectivity index (χ1v) is 11.2. The van der Waals surface area contributed by atoms with Crippen molar-refractivity contribution >= 4 is 39.3 Å². The van der Waals surface area contributed by atoms with E-state index in [1.165, 1.54) is 21.5 Å². The van der Waals surface area contributed by atoms with Crippen molar-refractivity contribution in [2.24, 2.45) is 0 Å². The summed E-state index contributed by atoms with van der Waals surface area (Å²) in [6, 6.07) is 25.2. The molecule has 0 saturated carbocycles. The molecule has 27 heavy (non-hydrogen) atoms. The lowest BCUT2D eigenvalue weighted by Crippen LogP contribution is -2.13. The summed E-state index contributed by atoms with van der Waals surface area (Å²) in [4.78, 5) is 0. The van der Waals surface area contributed by atoms with E-state index in [1.54, 1.807) is 0 Å². The van der Waals surface area contributed by atoms with Crippen molar-refractivity contribution in [3.8, 4) is 23.5 Å². The summed E-state index contributed by atoms with van der Waals surface area (Å²) in [5.74, 6) is 2.69. The molecule has 0 atom stereocenters. The van der Waals surface area contributed by atoms with Gasteiger partial charge in [0, 0.05) is 34.3 Å². The summed E-state index contributed by atoms with van der Waals surface area (Å²) in [7, 11) is -2.68. The quantitative estimate of drug-likeness (QED) is 0.258. The van der Waals surface area contributed by atoms with E-state index in [0.717, 1.165) is 28.2 Å². The molecule has 1 heterocycles. The van der Waals surface area contributed by atoms with Crippen molar-refractivity contribution in [3.05, 3.63) is 72.8 Å². The fourth-order valence-electron chi connectivity index (χ4n) is 4.42. The Morgan fingerprint density at radius 1 is 0.741 bits per heavy atom. The van der Waals surface area contributed by atoms with E-state index < -0.39 is 7.14 Å². The number of hydrogen-bond acceptors (Lipinski definition) is 1. The van der Waals surface area contributed by atoms with Crippen LogP contribution in [0.25, 0.3) is 32.7 Å². The van der Waals surface area contributed by atoms with Crippen LogP contribution >= 0.6 is 7.14 Å². The summed E-state index contributed by atoms with van der Waals surface area (Å²) in [6.45, 7) is 0. The number of terminal acetylenes is 1. The molecule has 0 aliphatic carbocycles. The van der Waals surface area contributed by atoms with Crippen LogP contribution in [0.15, 0.2) is 72.8 Å². The third-order valence-electron chi connectivity index (χ3n) is 5.64. The molecule has 0 N–H and O–H groups in total. The van der Waals surface area contributed by atoms with Crippen molar-refractivity contribution in [1.29, 1.82) is 0 Å². The van der Waals surface area contributed by atoms with Gasteiger partial charge in [0.15, 0.2) is 0 Å². The maximum absolute atomic E-state index is 14.4. The van der Waals surface area contributed by atoms with E-state index in [0.29, 0.717) is 12.6 Å². The molecule has 0 amide bonds. The third-order valence-corrected chi connectivity index (χ3v) is 8.88. The molecule has 4 aromatic rings. The predicted octanol–water partition coefficient (Wildman–Crippen LogP) is 5.70. The van der Waals surface area contributed by atoms with Gasteiger partial charge in [-0.3, -0.25) is 0 Å². The van der Waals surface area contributed by atoms with Crippen LogP contribution in [0.5, 0.6) is 0 Å². The molecule has 0 unspecified atom stereocenters. The Labute approximate surface area is 159 Å². The summed E-state index contributed by atoms with van der Waals surface area (Å²) in [5, 5.41) is 6.75. The Kier molecular flexibility index (Phi) is 3.71. The first-order valence-electron chi connectivity index (χ1n) is 9.31. The van der Waals surface area contributed by atoms with Crippen LogP contribution in [0.4, 0.5) is 0 Å². The number of unbranched alkanes of at least 4 members (excludes halogenated alkanes) is 1. The first kappa shape index (κ1) is 16.4. The molecule has 1 nitrogen and oxygen atoms in total. The monoisotopic (exact) mass is 366 g/mol. The van der Waals surface area contributed by atoms with Crippen LogP contribution in [0.1, 0.15) is 12.8 Å². The molecule has 0 radical (unpaired) electrons. The molecule has 5 rings (SSSR count). The van der Waals surface area contributed by atoms with Gasteiger partial charge in [-0.2, -0.15) is 0 Å². The van der Waals surface area contributed by atoms with Crippen LogP contribution in [-0.4, -0.2) is 6.16 Å². The largest absolute Gasteiger partial charge is 0.314 e. The maximum atomic E-state index is 14.4. The lowest BCUT2D eigenvalue weighted by molar-refractivity contribution is 0.586. The van der Waals surface area contributed by atoms with E-state index >= 15 is 0 Å². The Morgan fingerprint density at radius 3 is 1.78 bits per heavy atom. The SMILES string of the molecule is C#CCCCP1(=O)c2ccc3ccccc3c2-c2c1ccc1ccccc21. The minimum atomic E-state index is -2.68. The zero-order valence-corrected chi connectivity index (χ0v) is 15.9. The van der Waals surface area contributed by atoms with Crippen LogP contribution in [0.2, 0.25) is 0 Å². The summed E-state index contributed by atoms with van der Waals surface area (Å²) in [5.41, 5.74) is 2.31. The summed E-state index contributed by atoms with van der Waals surface area (Å²) < 4.78 is 14.4. The maximum Gasteiger partial charge on any atom is 0.144 e. The van der Waals surface area contributed by atoms with E-state index in [2.05, 4.69) is 78.7 Å². The number of benzene rings is 4. The standard InChI is InChI=1S/C25H19OP/c1-2-3-8-17-27(26)22-15-13-18-9-4-6-11-20(18)24(22)25-21-12-7-5-10-19(21)14-16-23(25)27/h1,4-7,9-16H,3,8,17H2. The lowest BCUT2D eigenvalue weighted by atomic mass is 9.94. The van der Waals surface area contributed by atoms with Gasteiger partial charge in [-0.15, -0.1) is 12.3 Å². The lowest BCUT2D eigenvalue weighted by Gasteiger charge is -2.15. The fourth-order valence-corrected chi connectivity index (χ4v) is 7.58. The molecule has 0 fully saturated rings. The second-order valence-electron chi connectivity index (χ2n) is 7.13. The van der Waals surface area contributed by atoms with Gasteiger partial charge in [-0.1, -0.05) is 60.7 Å².